The maximum atomic E-state index is 11.6. The monoisotopic (exact) mass is 194 g/mol. The zero-order valence-corrected chi connectivity index (χ0v) is 8.16. The van der Waals surface area contributed by atoms with Crippen molar-refractivity contribution in [3.8, 4) is 0 Å². The summed E-state index contributed by atoms with van der Waals surface area (Å²) in [7, 11) is 1.83. The maximum absolute atomic E-state index is 11.6. The number of aromatic nitrogens is 2. The Bertz CT molecular complexity index is 327. The van der Waals surface area contributed by atoms with Crippen molar-refractivity contribution in [2.75, 3.05) is 18.4 Å². The fourth-order valence-corrected chi connectivity index (χ4v) is 1.61. The zero-order valence-electron chi connectivity index (χ0n) is 8.16. The highest BCUT2D eigenvalue weighted by Crippen LogP contribution is 2.11. The fourth-order valence-electron chi connectivity index (χ4n) is 1.61. The van der Waals surface area contributed by atoms with Crippen LogP contribution in [0.5, 0.6) is 0 Å². The van der Waals surface area contributed by atoms with Gasteiger partial charge in [-0.05, 0) is 13.0 Å². The second kappa shape index (κ2) is 3.79. The van der Waals surface area contributed by atoms with E-state index in [1.165, 1.54) is 0 Å². The van der Waals surface area contributed by atoms with E-state index < -0.39 is 0 Å². The molecule has 0 saturated carbocycles. The SMILES string of the molecule is Cn1cc(NC(=O)C2CCNC2)cn1. The summed E-state index contributed by atoms with van der Waals surface area (Å²) in [5, 5.41) is 9.99. The molecule has 1 saturated heterocycles. The van der Waals surface area contributed by atoms with E-state index in [0.717, 1.165) is 25.2 Å². The van der Waals surface area contributed by atoms with Gasteiger partial charge in [-0.3, -0.25) is 9.48 Å². The molecule has 0 spiro atoms. The molecule has 1 atom stereocenters. The molecule has 2 heterocycles. The van der Waals surface area contributed by atoms with Crippen molar-refractivity contribution < 1.29 is 4.79 Å². The predicted molar refractivity (Wildman–Crippen MR) is 52.8 cm³/mol. The van der Waals surface area contributed by atoms with Crippen molar-refractivity contribution in [1.82, 2.24) is 15.1 Å². The second-order valence-corrected chi connectivity index (χ2v) is 3.58. The highest BCUT2D eigenvalue weighted by atomic mass is 16.1. The van der Waals surface area contributed by atoms with E-state index in [0.29, 0.717) is 0 Å². The van der Waals surface area contributed by atoms with Crippen molar-refractivity contribution in [2.45, 2.75) is 6.42 Å². The summed E-state index contributed by atoms with van der Waals surface area (Å²) in [5.74, 6) is 0.193. The maximum Gasteiger partial charge on any atom is 0.228 e. The number of anilines is 1. The van der Waals surface area contributed by atoms with E-state index in [1.54, 1.807) is 17.1 Å². The van der Waals surface area contributed by atoms with Crippen molar-refractivity contribution in [2.24, 2.45) is 13.0 Å². The van der Waals surface area contributed by atoms with Crippen LogP contribution >= 0.6 is 0 Å². The number of hydrogen-bond acceptors (Lipinski definition) is 3. The molecule has 1 unspecified atom stereocenters. The summed E-state index contributed by atoms with van der Waals surface area (Å²) in [6, 6.07) is 0. The lowest BCUT2D eigenvalue weighted by atomic mass is 10.1. The Morgan fingerprint density at radius 1 is 1.79 bits per heavy atom. The third-order valence-corrected chi connectivity index (χ3v) is 2.40. The average Bonchev–Trinajstić information content (AvgIpc) is 2.75. The lowest BCUT2D eigenvalue weighted by Crippen LogP contribution is -2.24. The molecule has 5 heteroatoms. The Labute approximate surface area is 82.5 Å². The second-order valence-electron chi connectivity index (χ2n) is 3.58. The third-order valence-electron chi connectivity index (χ3n) is 2.40. The van der Waals surface area contributed by atoms with E-state index in [-0.39, 0.29) is 11.8 Å². The molecule has 0 aromatic carbocycles. The molecule has 2 N–H and O–H groups in total. The molecule has 1 aliphatic rings. The standard InChI is InChI=1S/C9H14N4O/c1-13-6-8(5-11-13)12-9(14)7-2-3-10-4-7/h5-7,10H,2-4H2,1H3,(H,12,14). The number of carbonyl (C=O) groups is 1. The van der Waals surface area contributed by atoms with E-state index in [9.17, 15) is 4.79 Å². The first-order valence-electron chi connectivity index (χ1n) is 4.76. The van der Waals surface area contributed by atoms with Crippen LogP contribution < -0.4 is 10.6 Å². The molecule has 0 radical (unpaired) electrons. The number of rotatable bonds is 2. The third kappa shape index (κ3) is 1.93. The minimum atomic E-state index is 0.0861. The van der Waals surface area contributed by atoms with Crippen LogP contribution in [0.1, 0.15) is 6.42 Å². The summed E-state index contributed by atoms with van der Waals surface area (Å²) >= 11 is 0. The number of carbonyl (C=O) groups excluding carboxylic acids is 1. The van der Waals surface area contributed by atoms with Gasteiger partial charge in [-0.15, -0.1) is 0 Å². The normalized spacial score (nSPS) is 21.1. The molecule has 2 rings (SSSR count). The van der Waals surface area contributed by atoms with Crippen LogP contribution in [0.2, 0.25) is 0 Å². The molecule has 5 nitrogen and oxygen atoms in total. The van der Waals surface area contributed by atoms with Gasteiger partial charge in [0.25, 0.3) is 0 Å². The molecule has 14 heavy (non-hydrogen) atoms. The quantitative estimate of drug-likeness (QED) is 0.695. The van der Waals surface area contributed by atoms with Gasteiger partial charge in [0, 0.05) is 19.8 Å². The van der Waals surface area contributed by atoms with Crippen LogP contribution in [-0.4, -0.2) is 28.8 Å². The van der Waals surface area contributed by atoms with E-state index in [1.807, 2.05) is 7.05 Å². The molecule has 0 bridgehead atoms. The smallest absolute Gasteiger partial charge is 0.228 e. The number of nitrogens with zero attached hydrogens (tertiary/aromatic N) is 2. The highest BCUT2D eigenvalue weighted by Gasteiger charge is 2.22. The Morgan fingerprint density at radius 3 is 3.21 bits per heavy atom. The van der Waals surface area contributed by atoms with Gasteiger partial charge in [0.2, 0.25) is 5.91 Å². The molecular formula is C9H14N4O. The summed E-state index contributed by atoms with van der Waals surface area (Å²) in [4.78, 5) is 11.6. The van der Waals surface area contributed by atoms with Crippen molar-refractivity contribution in [3.63, 3.8) is 0 Å². The molecule has 1 amide bonds. The fraction of sp³-hybridized carbons (Fsp3) is 0.556. The summed E-state index contributed by atoms with van der Waals surface area (Å²) < 4.78 is 1.67. The topological polar surface area (TPSA) is 59.0 Å². The molecule has 76 valence electrons. The highest BCUT2D eigenvalue weighted by molar-refractivity contribution is 5.92. The van der Waals surface area contributed by atoms with Gasteiger partial charge in [0.1, 0.15) is 0 Å². The van der Waals surface area contributed by atoms with Crippen molar-refractivity contribution in [1.29, 1.82) is 0 Å². The lowest BCUT2D eigenvalue weighted by molar-refractivity contribution is -0.119. The van der Waals surface area contributed by atoms with Gasteiger partial charge >= 0.3 is 0 Å². The number of hydrogen-bond donors (Lipinski definition) is 2. The lowest BCUT2D eigenvalue weighted by Gasteiger charge is -2.07. The van der Waals surface area contributed by atoms with Gasteiger partial charge in [-0.25, -0.2) is 0 Å². The molecule has 1 fully saturated rings. The van der Waals surface area contributed by atoms with Gasteiger partial charge in [0.05, 0.1) is 17.8 Å². The number of amides is 1. The van der Waals surface area contributed by atoms with Gasteiger partial charge < -0.3 is 10.6 Å². The van der Waals surface area contributed by atoms with E-state index in [2.05, 4.69) is 15.7 Å². The average molecular weight is 194 g/mol. The first-order chi connectivity index (χ1) is 6.75. The van der Waals surface area contributed by atoms with Crippen LogP contribution in [0.3, 0.4) is 0 Å². The predicted octanol–water partition coefficient (Wildman–Crippen LogP) is -0.0319. The first kappa shape index (κ1) is 9.21. The number of nitrogens with one attached hydrogen (secondary N) is 2. The Morgan fingerprint density at radius 2 is 2.64 bits per heavy atom. The van der Waals surface area contributed by atoms with Gasteiger partial charge in [-0.2, -0.15) is 5.10 Å². The van der Waals surface area contributed by atoms with E-state index >= 15 is 0 Å². The molecular weight excluding hydrogens is 180 g/mol. The largest absolute Gasteiger partial charge is 0.323 e. The van der Waals surface area contributed by atoms with Crippen LogP contribution in [0.4, 0.5) is 5.69 Å². The van der Waals surface area contributed by atoms with Crippen molar-refractivity contribution >= 4 is 11.6 Å². The minimum absolute atomic E-state index is 0.0861. The Hall–Kier alpha value is -1.36. The van der Waals surface area contributed by atoms with E-state index in [4.69, 9.17) is 0 Å². The van der Waals surface area contributed by atoms with Gasteiger partial charge in [-0.1, -0.05) is 0 Å². The Balaban J connectivity index is 1.93. The first-order valence-corrected chi connectivity index (χ1v) is 4.76. The molecule has 1 aromatic heterocycles. The molecule has 1 aromatic rings. The number of aryl methyl sites for hydroxylation is 1. The molecule has 0 aliphatic carbocycles. The summed E-state index contributed by atoms with van der Waals surface area (Å²) in [5.41, 5.74) is 0.768. The van der Waals surface area contributed by atoms with Crippen molar-refractivity contribution in [3.05, 3.63) is 12.4 Å². The molecule has 1 aliphatic heterocycles. The zero-order chi connectivity index (χ0) is 9.97. The van der Waals surface area contributed by atoms with Crippen LogP contribution in [-0.2, 0) is 11.8 Å². The van der Waals surface area contributed by atoms with Gasteiger partial charge in [0.15, 0.2) is 0 Å². The van der Waals surface area contributed by atoms with Crippen LogP contribution in [0, 0.1) is 5.92 Å². The minimum Gasteiger partial charge on any atom is -0.323 e. The summed E-state index contributed by atoms with van der Waals surface area (Å²) in [6.45, 7) is 1.72. The Kier molecular flexibility index (Phi) is 2.49. The summed E-state index contributed by atoms with van der Waals surface area (Å²) in [6.07, 6.45) is 4.37. The van der Waals surface area contributed by atoms with Crippen LogP contribution in [0.25, 0.3) is 0 Å². The van der Waals surface area contributed by atoms with Crippen LogP contribution in [0.15, 0.2) is 12.4 Å².